The Morgan fingerprint density at radius 2 is 1.88 bits per heavy atom. The maximum Gasteiger partial charge on any atom is 0.246 e. The van der Waals surface area contributed by atoms with Gasteiger partial charge in [0.1, 0.15) is 4.90 Å². The molecule has 0 radical (unpaired) electrons. The lowest BCUT2D eigenvalue weighted by molar-refractivity contribution is 0.470. The van der Waals surface area contributed by atoms with Gasteiger partial charge in [0.25, 0.3) is 0 Å². The third kappa shape index (κ3) is 3.66. The highest BCUT2D eigenvalue weighted by Crippen LogP contribution is 2.30. The Labute approximate surface area is 143 Å². The van der Waals surface area contributed by atoms with Gasteiger partial charge in [-0.3, -0.25) is 0 Å². The average Bonchev–Trinajstić information content (AvgIpc) is 2.99. The van der Waals surface area contributed by atoms with Crippen molar-refractivity contribution in [2.45, 2.75) is 37.5 Å². The molecule has 128 valence electrons. The second-order valence-corrected chi connectivity index (χ2v) is 8.62. The first kappa shape index (κ1) is 18.2. The van der Waals surface area contributed by atoms with Crippen molar-refractivity contribution in [3.05, 3.63) is 42.2 Å². The molecule has 0 aliphatic carbocycles. The van der Waals surface area contributed by atoms with Crippen molar-refractivity contribution in [1.82, 2.24) is 14.1 Å². The minimum absolute atomic E-state index is 0.146. The molecule has 1 aromatic carbocycles. The third-order valence-electron chi connectivity index (χ3n) is 3.64. The normalized spacial score (nSPS) is 12.3. The predicted octanol–water partition coefficient (Wildman–Crippen LogP) is 2.70. The fraction of sp³-hybridized carbons (Fsp3) is 0.412. The Kier molecular flexibility index (Phi) is 5.11. The summed E-state index contributed by atoms with van der Waals surface area (Å²) < 4.78 is 28.6. The summed E-state index contributed by atoms with van der Waals surface area (Å²) in [4.78, 5) is 0.180. The van der Waals surface area contributed by atoms with Crippen LogP contribution < -0.4 is 0 Å². The number of hydrogen-bond acceptors (Lipinski definition) is 4. The van der Waals surface area contributed by atoms with Gasteiger partial charge in [0.15, 0.2) is 0 Å². The average molecular weight is 346 g/mol. The van der Waals surface area contributed by atoms with Crippen molar-refractivity contribution in [3.8, 4) is 11.8 Å². The zero-order valence-electron chi connectivity index (χ0n) is 14.4. The molecule has 0 aliphatic heterocycles. The van der Waals surface area contributed by atoms with Gasteiger partial charge >= 0.3 is 0 Å². The number of rotatable bonds is 5. The Morgan fingerprint density at radius 1 is 1.25 bits per heavy atom. The molecule has 0 unspecified atom stereocenters. The number of nitriles is 1. The van der Waals surface area contributed by atoms with E-state index in [1.165, 1.54) is 11.4 Å². The van der Waals surface area contributed by atoms with Crippen LogP contribution in [0.15, 0.2) is 41.4 Å². The molecule has 1 heterocycles. The van der Waals surface area contributed by atoms with Gasteiger partial charge in [-0.25, -0.2) is 13.1 Å². The second kappa shape index (κ2) is 6.75. The summed E-state index contributed by atoms with van der Waals surface area (Å²) >= 11 is 0. The highest BCUT2D eigenvalue weighted by atomic mass is 32.2. The van der Waals surface area contributed by atoms with Gasteiger partial charge in [0, 0.05) is 25.4 Å². The van der Waals surface area contributed by atoms with Crippen LogP contribution in [-0.4, -0.2) is 36.1 Å². The van der Waals surface area contributed by atoms with Crippen LogP contribution in [0.4, 0.5) is 0 Å². The lowest BCUT2D eigenvalue weighted by atomic mass is 9.92. The molecule has 0 saturated carbocycles. The van der Waals surface area contributed by atoms with E-state index >= 15 is 0 Å². The standard InChI is InChI=1S/C17H22N4O2S/c1-17(2,3)16-15(24(22,23)20(4)12-8-11-18)13-21(19-16)14-9-6-5-7-10-14/h5-7,9-10,13H,8,12H2,1-4H3. The molecule has 0 spiro atoms. The van der Waals surface area contributed by atoms with Crippen LogP contribution in [0.5, 0.6) is 0 Å². The van der Waals surface area contributed by atoms with Crippen molar-refractivity contribution in [1.29, 1.82) is 5.26 Å². The number of para-hydroxylation sites is 1. The van der Waals surface area contributed by atoms with E-state index in [9.17, 15) is 8.42 Å². The van der Waals surface area contributed by atoms with Crippen molar-refractivity contribution in [3.63, 3.8) is 0 Å². The SMILES string of the molecule is CN(CCC#N)S(=O)(=O)c1cn(-c2ccccc2)nc1C(C)(C)C. The maximum absolute atomic E-state index is 12.9. The molecule has 0 fully saturated rings. The molecule has 6 nitrogen and oxygen atoms in total. The number of benzene rings is 1. The molecule has 7 heteroatoms. The zero-order valence-corrected chi connectivity index (χ0v) is 15.2. The number of sulfonamides is 1. The van der Waals surface area contributed by atoms with Crippen LogP contribution in [0.1, 0.15) is 32.9 Å². The first-order valence-electron chi connectivity index (χ1n) is 7.67. The largest absolute Gasteiger partial charge is 0.246 e. The highest BCUT2D eigenvalue weighted by Gasteiger charge is 2.32. The number of nitrogens with zero attached hydrogens (tertiary/aromatic N) is 4. The summed E-state index contributed by atoms with van der Waals surface area (Å²) in [6.07, 6.45) is 1.70. The molecule has 0 bridgehead atoms. The van der Waals surface area contributed by atoms with Gasteiger partial charge in [-0.15, -0.1) is 0 Å². The molecular formula is C17H22N4O2S. The van der Waals surface area contributed by atoms with E-state index < -0.39 is 15.4 Å². The van der Waals surface area contributed by atoms with Crippen LogP contribution in [0.3, 0.4) is 0 Å². The minimum atomic E-state index is -3.71. The minimum Gasteiger partial charge on any atom is -0.239 e. The lowest BCUT2D eigenvalue weighted by Crippen LogP contribution is -2.29. The first-order chi connectivity index (χ1) is 11.2. The van der Waals surface area contributed by atoms with Gasteiger partial charge in [0.05, 0.1) is 23.6 Å². The van der Waals surface area contributed by atoms with Crippen LogP contribution in [0.2, 0.25) is 0 Å². The van der Waals surface area contributed by atoms with Crippen LogP contribution in [-0.2, 0) is 15.4 Å². The van der Waals surface area contributed by atoms with E-state index in [0.29, 0.717) is 5.69 Å². The Hall–Kier alpha value is -2.17. The zero-order chi connectivity index (χ0) is 18.0. The van der Waals surface area contributed by atoms with Crippen molar-refractivity contribution < 1.29 is 8.42 Å². The van der Waals surface area contributed by atoms with Crippen molar-refractivity contribution >= 4 is 10.0 Å². The highest BCUT2D eigenvalue weighted by molar-refractivity contribution is 7.89. The van der Waals surface area contributed by atoms with Gasteiger partial charge in [-0.05, 0) is 12.1 Å². The van der Waals surface area contributed by atoms with Gasteiger partial charge < -0.3 is 0 Å². The monoisotopic (exact) mass is 346 g/mol. The summed E-state index contributed by atoms with van der Waals surface area (Å²) in [6.45, 7) is 5.94. The summed E-state index contributed by atoms with van der Waals surface area (Å²) in [5.74, 6) is 0. The topological polar surface area (TPSA) is 79.0 Å². The lowest BCUT2D eigenvalue weighted by Gasteiger charge is -2.20. The molecule has 0 aliphatic rings. The van der Waals surface area contributed by atoms with E-state index in [1.807, 2.05) is 57.2 Å². The fourth-order valence-corrected chi connectivity index (χ4v) is 3.77. The summed E-state index contributed by atoms with van der Waals surface area (Å²) in [6, 6.07) is 11.4. The van der Waals surface area contributed by atoms with E-state index in [0.717, 1.165) is 5.69 Å². The predicted molar refractivity (Wildman–Crippen MR) is 92.3 cm³/mol. The maximum atomic E-state index is 12.9. The fourth-order valence-electron chi connectivity index (χ4n) is 2.27. The Bertz CT molecular complexity index is 843. The summed E-state index contributed by atoms with van der Waals surface area (Å²) in [5.41, 5.74) is 0.873. The van der Waals surface area contributed by atoms with Gasteiger partial charge in [-0.1, -0.05) is 39.0 Å². The Morgan fingerprint density at radius 3 is 2.42 bits per heavy atom. The van der Waals surface area contributed by atoms with Crippen molar-refractivity contribution in [2.24, 2.45) is 0 Å². The molecule has 2 rings (SSSR count). The Balaban J connectivity index is 2.57. The molecule has 2 aromatic rings. The number of aromatic nitrogens is 2. The molecule has 24 heavy (non-hydrogen) atoms. The van der Waals surface area contributed by atoms with E-state index in [1.54, 1.807) is 10.9 Å². The summed E-state index contributed by atoms with van der Waals surface area (Å²) in [5, 5.41) is 13.2. The van der Waals surface area contributed by atoms with E-state index in [2.05, 4.69) is 5.10 Å². The van der Waals surface area contributed by atoms with Crippen LogP contribution in [0.25, 0.3) is 5.69 Å². The van der Waals surface area contributed by atoms with Gasteiger partial charge in [0.2, 0.25) is 10.0 Å². The third-order valence-corrected chi connectivity index (χ3v) is 5.50. The molecule has 0 saturated heterocycles. The second-order valence-electron chi connectivity index (χ2n) is 6.61. The molecular weight excluding hydrogens is 324 g/mol. The first-order valence-corrected chi connectivity index (χ1v) is 9.11. The summed E-state index contributed by atoms with van der Waals surface area (Å²) in [7, 11) is -2.23. The van der Waals surface area contributed by atoms with Gasteiger partial charge in [-0.2, -0.15) is 14.7 Å². The van der Waals surface area contributed by atoms with Crippen molar-refractivity contribution in [2.75, 3.05) is 13.6 Å². The van der Waals surface area contributed by atoms with E-state index in [-0.39, 0.29) is 17.9 Å². The van der Waals surface area contributed by atoms with Crippen LogP contribution in [0, 0.1) is 11.3 Å². The van der Waals surface area contributed by atoms with E-state index in [4.69, 9.17) is 5.26 Å². The molecule has 0 amide bonds. The molecule has 0 N–H and O–H groups in total. The quantitative estimate of drug-likeness (QED) is 0.834. The molecule has 1 aromatic heterocycles. The number of hydrogen-bond donors (Lipinski definition) is 0. The smallest absolute Gasteiger partial charge is 0.239 e. The van der Waals surface area contributed by atoms with Crippen LogP contribution >= 0.6 is 0 Å². The molecule has 0 atom stereocenters.